The molecular weight excluding hydrogens is 408 g/mol. The Balaban J connectivity index is 1.42. The zero-order valence-corrected chi connectivity index (χ0v) is 18.0. The monoisotopic (exact) mass is 430 g/mol. The first-order chi connectivity index (χ1) is 15.2. The molecule has 1 aliphatic heterocycles. The largest absolute Gasteiger partial charge is 0.379 e. The average molecular weight is 431 g/mol. The molecular formula is C23H22N6OS. The Labute approximate surface area is 184 Å². The Morgan fingerprint density at radius 2 is 2.00 bits per heavy atom. The summed E-state index contributed by atoms with van der Waals surface area (Å²) in [4.78, 5) is 7.07. The standard InChI is InChI=1S/C23H22N6OS/c1-16-19(14-24)22(27-29(16)23-26-20-7-2-3-8-21(20)31-23)25-18-6-4-5-17(13-18)15-28-9-11-30-12-10-28/h2-8,13H,9-12,15H2,1H3,(H,25,27). The molecule has 4 aromatic rings. The number of morpholine rings is 1. The number of benzene rings is 2. The van der Waals surface area contributed by atoms with Crippen LogP contribution < -0.4 is 5.32 Å². The van der Waals surface area contributed by atoms with E-state index in [4.69, 9.17) is 9.84 Å². The zero-order chi connectivity index (χ0) is 21.2. The topological polar surface area (TPSA) is 79.0 Å². The van der Waals surface area contributed by atoms with Gasteiger partial charge in [0.15, 0.2) is 5.82 Å². The second-order valence-electron chi connectivity index (χ2n) is 7.51. The molecule has 0 radical (unpaired) electrons. The minimum atomic E-state index is 0.526. The van der Waals surface area contributed by atoms with Crippen molar-refractivity contribution in [1.82, 2.24) is 19.7 Å². The van der Waals surface area contributed by atoms with Gasteiger partial charge in [-0.1, -0.05) is 35.6 Å². The van der Waals surface area contributed by atoms with Crippen molar-refractivity contribution in [3.63, 3.8) is 0 Å². The van der Waals surface area contributed by atoms with Crippen LogP contribution in [0.4, 0.5) is 11.5 Å². The highest BCUT2D eigenvalue weighted by molar-refractivity contribution is 7.20. The number of fused-ring (bicyclic) bond motifs is 1. The van der Waals surface area contributed by atoms with Crippen LogP contribution in [0.1, 0.15) is 16.8 Å². The van der Waals surface area contributed by atoms with Crippen LogP contribution in [0.15, 0.2) is 48.5 Å². The lowest BCUT2D eigenvalue weighted by Crippen LogP contribution is -2.35. The molecule has 1 N–H and O–H groups in total. The van der Waals surface area contributed by atoms with Gasteiger partial charge in [0.2, 0.25) is 5.13 Å². The number of rotatable bonds is 5. The van der Waals surface area contributed by atoms with Crippen molar-refractivity contribution in [3.05, 3.63) is 65.4 Å². The molecule has 1 saturated heterocycles. The fourth-order valence-electron chi connectivity index (χ4n) is 3.76. The highest BCUT2D eigenvalue weighted by Gasteiger charge is 2.18. The summed E-state index contributed by atoms with van der Waals surface area (Å²) in [5, 5.41) is 18.6. The van der Waals surface area contributed by atoms with Crippen LogP contribution in [-0.4, -0.2) is 46.0 Å². The van der Waals surface area contributed by atoms with Crippen molar-refractivity contribution in [3.8, 4) is 11.2 Å². The summed E-state index contributed by atoms with van der Waals surface area (Å²) >= 11 is 1.56. The van der Waals surface area contributed by atoms with Crippen LogP contribution in [0.3, 0.4) is 0 Å². The van der Waals surface area contributed by atoms with Crippen LogP contribution in [0.5, 0.6) is 0 Å². The second-order valence-corrected chi connectivity index (χ2v) is 8.52. The predicted octanol–water partition coefficient (Wildman–Crippen LogP) is 4.24. The third kappa shape index (κ3) is 4.03. The third-order valence-electron chi connectivity index (χ3n) is 5.39. The maximum Gasteiger partial charge on any atom is 0.211 e. The van der Waals surface area contributed by atoms with E-state index in [1.807, 2.05) is 43.3 Å². The first-order valence-electron chi connectivity index (χ1n) is 10.2. The van der Waals surface area contributed by atoms with Gasteiger partial charge in [0.05, 0.1) is 29.1 Å². The van der Waals surface area contributed by atoms with Crippen molar-refractivity contribution in [1.29, 1.82) is 5.26 Å². The van der Waals surface area contributed by atoms with Gasteiger partial charge in [0.1, 0.15) is 11.6 Å². The summed E-state index contributed by atoms with van der Waals surface area (Å²) in [5.74, 6) is 0.544. The van der Waals surface area contributed by atoms with Gasteiger partial charge in [0.25, 0.3) is 0 Å². The number of para-hydroxylation sites is 1. The van der Waals surface area contributed by atoms with Gasteiger partial charge in [0, 0.05) is 25.3 Å². The Hall–Kier alpha value is -3.25. The van der Waals surface area contributed by atoms with E-state index in [1.54, 1.807) is 16.0 Å². The molecule has 0 bridgehead atoms. The Morgan fingerprint density at radius 3 is 2.81 bits per heavy atom. The number of nitriles is 1. The molecule has 0 saturated carbocycles. The van der Waals surface area contributed by atoms with Gasteiger partial charge in [-0.05, 0) is 36.8 Å². The number of thiazole rings is 1. The Bertz CT molecular complexity index is 1230. The molecule has 1 aliphatic rings. The second kappa shape index (κ2) is 8.47. The van der Waals surface area contributed by atoms with Gasteiger partial charge in [-0.3, -0.25) is 4.90 Å². The molecule has 0 aliphatic carbocycles. The van der Waals surface area contributed by atoms with Gasteiger partial charge in [-0.25, -0.2) is 9.67 Å². The first-order valence-corrected chi connectivity index (χ1v) is 11.0. The Morgan fingerprint density at radius 1 is 1.16 bits per heavy atom. The molecule has 0 atom stereocenters. The van der Waals surface area contributed by atoms with E-state index in [-0.39, 0.29) is 0 Å². The summed E-state index contributed by atoms with van der Waals surface area (Å²) in [6.07, 6.45) is 0. The lowest BCUT2D eigenvalue weighted by Gasteiger charge is -2.26. The van der Waals surface area contributed by atoms with Crippen molar-refractivity contribution in [2.45, 2.75) is 13.5 Å². The maximum absolute atomic E-state index is 9.77. The highest BCUT2D eigenvalue weighted by atomic mass is 32.1. The predicted molar refractivity (Wildman–Crippen MR) is 122 cm³/mol. The van der Waals surface area contributed by atoms with Crippen molar-refractivity contribution in [2.24, 2.45) is 0 Å². The van der Waals surface area contributed by atoms with Gasteiger partial charge < -0.3 is 10.1 Å². The maximum atomic E-state index is 9.77. The van der Waals surface area contributed by atoms with E-state index < -0.39 is 0 Å². The van der Waals surface area contributed by atoms with Crippen LogP contribution in [0.25, 0.3) is 15.3 Å². The van der Waals surface area contributed by atoms with Gasteiger partial charge >= 0.3 is 0 Å². The van der Waals surface area contributed by atoms with E-state index in [1.165, 1.54) is 5.56 Å². The molecule has 1 fully saturated rings. The van der Waals surface area contributed by atoms with E-state index in [2.05, 4.69) is 33.4 Å². The lowest BCUT2D eigenvalue weighted by molar-refractivity contribution is 0.0342. The summed E-state index contributed by atoms with van der Waals surface area (Å²) in [6, 6.07) is 18.6. The third-order valence-corrected chi connectivity index (χ3v) is 6.40. The minimum absolute atomic E-state index is 0.526. The quantitative estimate of drug-likeness (QED) is 0.510. The average Bonchev–Trinajstić information content (AvgIpc) is 3.35. The SMILES string of the molecule is Cc1c(C#N)c(Nc2cccc(CN3CCOCC3)c2)nn1-c1nc2ccccc2s1. The molecule has 0 spiro atoms. The van der Waals surface area contributed by atoms with Crippen LogP contribution in [0, 0.1) is 18.3 Å². The molecule has 5 rings (SSSR count). The lowest BCUT2D eigenvalue weighted by atomic mass is 10.1. The number of hydrogen-bond donors (Lipinski definition) is 1. The number of nitrogens with zero attached hydrogens (tertiary/aromatic N) is 5. The van der Waals surface area contributed by atoms with E-state index in [9.17, 15) is 5.26 Å². The molecule has 0 unspecified atom stereocenters. The number of nitrogens with one attached hydrogen (secondary N) is 1. The minimum Gasteiger partial charge on any atom is -0.379 e. The van der Waals surface area contributed by atoms with Crippen molar-refractivity contribution < 1.29 is 4.74 Å². The van der Waals surface area contributed by atoms with Crippen molar-refractivity contribution in [2.75, 3.05) is 31.6 Å². The summed E-state index contributed by atoms with van der Waals surface area (Å²) in [7, 11) is 0. The number of ether oxygens (including phenoxy) is 1. The number of aromatic nitrogens is 3. The molecule has 3 heterocycles. The smallest absolute Gasteiger partial charge is 0.211 e. The Kier molecular flexibility index (Phi) is 5.38. The normalized spacial score (nSPS) is 14.6. The molecule has 2 aromatic heterocycles. The summed E-state index contributed by atoms with van der Waals surface area (Å²) < 4.78 is 8.28. The number of anilines is 2. The fourth-order valence-corrected chi connectivity index (χ4v) is 4.73. The molecule has 0 amide bonds. The molecule has 31 heavy (non-hydrogen) atoms. The van der Waals surface area contributed by atoms with E-state index in [0.717, 1.165) is 59.6 Å². The van der Waals surface area contributed by atoms with Gasteiger partial charge in [-0.15, -0.1) is 5.10 Å². The first kappa shape index (κ1) is 19.7. The van der Waals surface area contributed by atoms with Crippen molar-refractivity contribution >= 4 is 33.1 Å². The highest BCUT2D eigenvalue weighted by Crippen LogP contribution is 2.29. The molecule has 8 heteroatoms. The molecule has 7 nitrogen and oxygen atoms in total. The zero-order valence-electron chi connectivity index (χ0n) is 17.2. The summed E-state index contributed by atoms with van der Waals surface area (Å²) in [5.41, 5.74) is 4.36. The van der Waals surface area contributed by atoms with Crippen LogP contribution in [0.2, 0.25) is 0 Å². The van der Waals surface area contributed by atoms with E-state index >= 15 is 0 Å². The van der Waals surface area contributed by atoms with Gasteiger partial charge in [-0.2, -0.15) is 5.26 Å². The fraction of sp³-hybridized carbons (Fsp3) is 0.261. The van der Waals surface area contributed by atoms with E-state index in [0.29, 0.717) is 11.4 Å². The van der Waals surface area contributed by atoms with Crippen LogP contribution >= 0.6 is 11.3 Å². The van der Waals surface area contributed by atoms with Crippen LogP contribution in [-0.2, 0) is 11.3 Å². The molecule has 156 valence electrons. The molecule has 2 aromatic carbocycles. The summed E-state index contributed by atoms with van der Waals surface area (Å²) in [6.45, 7) is 6.24. The number of hydrogen-bond acceptors (Lipinski definition) is 7.